The molecule has 1 aromatic heterocycles. The molecular formula is C15H20N4O. The average molecular weight is 272 g/mol. The minimum atomic E-state index is 0.293. The van der Waals surface area contributed by atoms with Crippen LogP contribution in [-0.4, -0.2) is 16.7 Å². The standard InChI is InChI=1S/C15H20N4O/c16-9-15-17-14(18-20-15)11-19(10-12-5-4-6-12)13-7-2-1-3-8-13/h1-3,7-8,12H,4-6,9-11,16H2. The van der Waals surface area contributed by atoms with E-state index >= 15 is 0 Å². The van der Waals surface area contributed by atoms with Gasteiger partial charge < -0.3 is 15.2 Å². The second-order valence-corrected chi connectivity index (χ2v) is 5.32. The van der Waals surface area contributed by atoms with Gasteiger partial charge >= 0.3 is 0 Å². The third-order valence-corrected chi connectivity index (χ3v) is 3.84. The first-order valence-electron chi connectivity index (χ1n) is 7.16. The van der Waals surface area contributed by atoms with Crippen molar-refractivity contribution in [2.24, 2.45) is 11.7 Å². The molecule has 1 saturated carbocycles. The molecule has 1 heterocycles. The topological polar surface area (TPSA) is 68.2 Å². The SMILES string of the molecule is NCc1nc(CN(CC2CCC2)c2ccccc2)no1. The Kier molecular flexibility index (Phi) is 3.97. The molecule has 106 valence electrons. The fourth-order valence-electron chi connectivity index (χ4n) is 2.50. The summed E-state index contributed by atoms with van der Waals surface area (Å²) in [4.78, 5) is 6.63. The van der Waals surface area contributed by atoms with E-state index in [1.165, 1.54) is 24.9 Å². The molecule has 1 aliphatic carbocycles. The summed E-state index contributed by atoms with van der Waals surface area (Å²) >= 11 is 0. The van der Waals surface area contributed by atoms with Crippen LogP contribution < -0.4 is 10.6 Å². The van der Waals surface area contributed by atoms with Gasteiger partial charge in [-0.3, -0.25) is 0 Å². The summed E-state index contributed by atoms with van der Waals surface area (Å²) in [5.41, 5.74) is 6.71. The highest BCUT2D eigenvalue weighted by Crippen LogP contribution is 2.29. The Balaban J connectivity index is 1.74. The molecule has 0 aliphatic heterocycles. The predicted octanol–water partition coefficient (Wildman–Crippen LogP) is 2.33. The second-order valence-electron chi connectivity index (χ2n) is 5.32. The van der Waals surface area contributed by atoms with Gasteiger partial charge in [-0.1, -0.05) is 29.8 Å². The summed E-state index contributed by atoms with van der Waals surface area (Å²) in [6.45, 7) is 2.02. The van der Waals surface area contributed by atoms with Crippen LogP contribution in [0, 0.1) is 5.92 Å². The first-order valence-corrected chi connectivity index (χ1v) is 7.16. The largest absolute Gasteiger partial charge is 0.364 e. The fraction of sp³-hybridized carbons (Fsp3) is 0.467. The van der Waals surface area contributed by atoms with E-state index in [-0.39, 0.29) is 0 Å². The number of para-hydroxylation sites is 1. The summed E-state index contributed by atoms with van der Waals surface area (Å²) in [5, 5.41) is 4.00. The van der Waals surface area contributed by atoms with Crippen molar-refractivity contribution in [3.63, 3.8) is 0 Å². The Morgan fingerprint density at radius 3 is 2.65 bits per heavy atom. The lowest BCUT2D eigenvalue weighted by atomic mass is 9.85. The summed E-state index contributed by atoms with van der Waals surface area (Å²) in [6, 6.07) is 10.4. The van der Waals surface area contributed by atoms with Gasteiger partial charge in [-0.15, -0.1) is 0 Å². The number of anilines is 1. The molecule has 0 unspecified atom stereocenters. The van der Waals surface area contributed by atoms with Gasteiger partial charge in [0.15, 0.2) is 5.82 Å². The van der Waals surface area contributed by atoms with Crippen LogP contribution >= 0.6 is 0 Å². The number of rotatable bonds is 6. The number of nitrogens with zero attached hydrogens (tertiary/aromatic N) is 3. The van der Waals surface area contributed by atoms with E-state index in [1.54, 1.807) is 0 Å². The summed E-state index contributed by atoms with van der Waals surface area (Å²) < 4.78 is 5.08. The third kappa shape index (κ3) is 2.99. The van der Waals surface area contributed by atoms with Crippen LogP contribution in [0.15, 0.2) is 34.9 Å². The highest BCUT2D eigenvalue weighted by molar-refractivity contribution is 5.46. The zero-order valence-corrected chi connectivity index (χ0v) is 11.5. The maximum atomic E-state index is 5.51. The Bertz CT molecular complexity index is 536. The number of hydrogen-bond acceptors (Lipinski definition) is 5. The zero-order valence-electron chi connectivity index (χ0n) is 11.5. The maximum Gasteiger partial charge on any atom is 0.240 e. The molecule has 1 aromatic carbocycles. The van der Waals surface area contributed by atoms with Crippen LogP contribution in [0.5, 0.6) is 0 Å². The molecule has 0 spiro atoms. The highest BCUT2D eigenvalue weighted by Gasteiger charge is 2.22. The van der Waals surface area contributed by atoms with Gasteiger partial charge in [0.05, 0.1) is 13.1 Å². The summed E-state index contributed by atoms with van der Waals surface area (Å²) in [5.74, 6) is 1.99. The van der Waals surface area contributed by atoms with Crippen LogP contribution in [0.25, 0.3) is 0 Å². The molecule has 0 radical (unpaired) electrons. The smallest absolute Gasteiger partial charge is 0.240 e. The third-order valence-electron chi connectivity index (χ3n) is 3.84. The van der Waals surface area contributed by atoms with E-state index < -0.39 is 0 Å². The molecule has 5 nitrogen and oxygen atoms in total. The highest BCUT2D eigenvalue weighted by atomic mass is 16.5. The first kappa shape index (κ1) is 13.1. The van der Waals surface area contributed by atoms with Crippen molar-refractivity contribution in [3.05, 3.63) is 42.0 Å². The molecule has 0 amide bonds. The molecule has 1 fully saturated rings. The van der Waals surface area contributed by atoms with Crippen molar-refractivity contribution < 1.29 is 4.52 Å². The second kappa shape index (κ2) is 6.05. The zero-order chi connectivity index (χ0) is 13.8. The lowest BCUT2D eigenvalue weighted by molar-refractivity contribution is 0.315. The number of hydrogen-bond donors (Lipinski definition) is 1. The first-order chi connectivity index (χ1) is 9.85. The number of nitrogens with two attached hydrogens (primary N) is 1. The molecule has 3 rings (SSSR count). The van der Waals surface area contributed by atoms with Crippen LogP contribution in [0.3, 0.4) is 0 Å². The summed E-state index contributed by atoms with van der Waals surface area (Å²) in [7, 11) is 0. The van der Waals surface area contributed by atoms with Crippen molar-refractivity contribution in [2.75, 3.05) is 11.4 Å². The van der Waals surface area contributed by atoms with Crippen LogP contribution in [0.4, 0.5) is 5.69 Å². The van der Waals surface area contributed by atoms with Gasteiger partial charge in [0.2, 0.25) is 5.89 Å². The van der Waals surface area contributed by atoms with Crippen molar-refractivity contribution >= 4 is 5.69 Å². The molecule has 5 heteroatoms. The van der Waals surface area contributed by atoms with Crippen LogP contribution in [0.1, 0.15) is 31.0 Å². The molecule has 0 atom stereocenters. The van der Waals surface area contributed by atoms with Crippen molar-refractivity contribution in [1.29, 1.82) is 0 Å². The van der Waals surface area contributed by atoms with Crippen molar-refractivity contribution in [2.45, 2.75) is 32.4 Å². The monoisotopic (exact) mass is 272 g/mol. The molecule has 0 saturated heterocycles. The molecule has 20 heavy (non-hydrogen) atoms. The van der Waals surface area contributed by atoms with Gasteiger partial charge in [-0.2, -0.15) is 4.98 Å². The fourth-order valence-corrected chi connectivity index (χ4v) is 2.50. The Labute approximate surface area is 118 Å². The molecule has 0 bridgehead atoms. The lowest BCUT2D eigenvalue weighted by Crippen LogP contribution is -2.32. The van der Waals surface area contributed by atoms with E-state index in [2.05, 4.69) is 39.3 Å². The molecule has 2 aromatic rings. The molecule has 2 N–H and O–H groups in total. The lowest BCUT2D eigenvalue weighted by Gasteiger charge is -2.33. The van der Waals surface area contributed by atoms with Gasteiger partial charge in [0, 0.05) is 12.2 Å². The number of benzene rings is 1. The van der Waals surface area contributed by atoms with Gasteiger partial charge in [0.1, 0.15) is 0 Å². The van der Waals surface area contributed by atoms with Crippen LogP contribution in [-0.2, 0) is 13.1 Å². The summed E-state index contributed by atoms with van der Waals surface area (Å²) in [6.07, 6.45) is 4.00. The normalized spacial score (nSPS) is 15.1. The van der Waals surface area contributed by atoms with Crippen LogP contribution in [0.2, 0.25) is 0 Å². The molecule has 1 aliphatic rings. The van der Waals surface area contributed by atoms with E-state index in [9.17, 15) is 0 Å². The van der Waals surface area contributed by atoms with Crippen molar-refractivity contribution in [3.8, 4) is 0 Å². The Morgan fingerprint density at radius 2 is 2.05 bits per heavy atom. The van der Waals surface area contributed by atoms with Gasteiger partial charge in [-0.05, 0) is 30.9 Å². The van der Waals surface area contributed by atoms with E-state index in [1.807, 2.05) is 6.07 Å². The molecular weight excluding hydrogens is 252 g/mol. The predicted molar refractivity (Wildman–Crippen MR) is 77.0 cm³/mol. The van der Waals surface area contributed by atoms with Gasteiger partial charge in [0.25, 0.3) is 0 Å². The minimum Gasteiger partial charge on any atom is -0.364 e. The van der Waals surface area contributed by atoms with E-state index in [0.717, 1.165) is 12.5 Å². The van der Waals surface area contributed by atoms with E-state index in [4.69, 9.17) is 10.3 Å². The maximum absolute atomic E-state index is 5.51. The van der Waals surface area contributed by atoms with E-state index in [0.29, 0.717) is 24.8 Å². The van der Waals surface area contributed by atoms with Gasteiger partial charge in [-0.25, -0.2) is 0 Å². The van der Waals surface area contributed by atoms with Crippen molar-refractivity contribution in [1.82, 2.24) is 10.1 Å². The Morgan fingerprint density at radius 1 is 1.25 bits per heavy atom. The number of aromatic nitrogens is 2. The quantitative estimate of drug-likeness (QED) is 0.874. The average Bonchev–Trinajstić information content (AvgIpc) is 2.90. The Hall–Kier alpha value is -1.88. The minimum absolute atomic E-state index is 0.293.